The molecule has 2 N–H and O–H groups in total. The third-order valence-corrected chi connectivity index (χ3v) is 1.94. The summed E-state index contributed by atoms with van der Waals surface area (Å²) in [6, 6.07) is 4.61. The predicted octanol–water partition coefficient (Wildman–Crippen LogP) is 2.63. The molecule has 0 saturated heterocycles. The van der Waals surface area contributed by atoms with Crippen LogP contribution in [0.15, 0.2) is 18.2 Å². The number of ether oxygens (including phenoxy) is 1. The van der Waals surface area contributed by atoms with E-state index >= 15 is 0 Å². The van der Waals surface area contributed by atoms with Crippen LogP contribution < -0.4 is 10.5 Å². The van der Waals surface area contributed by atoms with Crippen LogP contribution in [0.25, 0.3) is 0 Å². The van der Waals surface area contributed by atoms with Gasteiger partial charge in [0.2, 0.25) is 0 Å². The minimum Gasteiger partial charge on any atom is -0.490 e. The van der Waals surface area contributed by atoms with Gasteiger partial charge in [0.05, 0.1) is 6.61 Å². The maximum absolute atomic E-state index is 13.4. The molecule has 0 aliphatic heterocycles. The monoisotopic (exact) mass is 197 g/mol. The number of rotatable bonds is 4. The lowest BCUT2D eigenvalue weighted by Crippen LogP contribution is -2.09. The minimum absolute atomic E-state index is 0.211. The molecule has 14 heavy (non-hydrogen) atoms. The van der Waals surface area contributed by atoms with Crippen molar-refractivity contribution in [2.45, 2.75) is 26.3 Å². The molecule has 0 bridgehead atoms. The van der Waals surface area contributed by atoms with E-state index < -0.39 is 0 Å². The Labute approximate surface area is 83.9 Å². The lowest BCUT2D eigenvalue weighted by Gasteiger charge is -2.13. The standard InChI is InChI=1S/C11H16FNO/c1-3-7-14-11-9(8(2)13)5-4-6-10(11)12/h4-6,8H,3,7,13H2,1-2H3/t8-/m0/s1. The van der Waals surface area contributed by atoms with Crippen LogP contribution in [0.1, 0.15) is 31.9 Å². The summed E-state index contributed by atoms with van der Waals surface area (Å²) in [5.74, 6) is -0.0439. The van der Waals surface area contributed by atoms with Crippen LogP contribution in [0, 0.1) is 5.82 Å². The number of hydrogen-bond donors (Lipinski definition) is 1. The Morgan fingerprint density at radius 1 is 1.50 bits per heavy atom. The van der Waals surface area contributed by atoms with E-state index in [1.165, 1.54) is 6.07 Å². The summed E-state index contributed by atoms with van der Waals surface area (Å²) in [6.07, 6.45) is 0.854. The van der Waals surface area contributed by atoms with Gasteiger partial charge in [-0.1, -0.05) is 19.1 Å². The van der Waals surface area contributed by atoms with Crippen molar-refractivity contribution in [3.05, 3.63) is 29.6 Å². The quantitative estimate of drug-likeness (QED) is 0.805. The van der Waals surface area contributed by atoms with Gasteiger partial charge in [0.1, 0.15) is 0 Å². The van der Waals surface area contributed by atoms with Gasteiger partial charge in [0, 0.05) is 11.6 Å². The highest BCUT2D eigenvalue weighted by molar-refractivity contribution is 5.36. The van der Waals surface area contributed by atoms with E-state index in [4.69, 9.17) is 10.5 Å². The molecule has 0 saturated carbocycles. The number of para-hydroxylation sites is 1. The van der Waals surface area contributed by atoms with Gasteiger partial charge in [-0.05, 0) is 19.4 Å². The van der Waals surface area contributed by atoms with Crippen LogP contribution >= 0.6 is 0 Å². The first kappa shape index (κ1) is 11.0. The molecule has 1 aromatic carbocycles. The molecule has 3 heteroatoms. The lowest BCUT2D eigenvalue weighted by atomic mass is 10.1. The Hall–Kier alpha value is -1.09. The van der Waals surface area contributed by atoms with Gasteiger partial charge >= 0.3 is 0 Å². The molecule has 0 spiro atoms. The second-order valence-electron chi connectivity index (χ2n) is 3.30. The fourth-order valence-electron chi connectivity index (χ4n) is 1.24. The number of hydrogen-bond acceptors (Lipinski definition) is 2. The Balaban J connectivity index is 2.96. The number of nitrogens with two attached hydrogens (primary N) is 1. The van der Waals surface area contributed by atoms with Crippen LogP contribution in [-0.4, -0.2) is 6.61 Å². The second kappa shape index (κ2) is 4.96. The van der Waals surface area contributed by atoms with E-state index in [0.29, 0.717) is 12.4 Å². The SMILES string of the molecule is CCCOc1c(F)cccc1[C@H](C)N. The first-order valence-electron chi connectivity index (χ1n) is 4.83. The minimum atomic E-state index is -0.340. The van der Waals surface area contributed by atoms with Crippen molar-refractivity contribution in [2.24, 2.45) is 5.73 Å². The molecule has 0 heterocycles. The summed E-state index contributed by atoms with van der Waals surface area (Å²) in [7, 11) is 0. The maximum Gasteiger partial charge on any atom is 0.165 e. The first-order valence-corrected chi connectivity index (χ1v) is 4.83. The predicted molar refractivity (Wildman–Crippen MR) is 54.8 cm³/mol. The van der Waals surface area contributed by atoms with Crippen LogP contribution in [0.3, 0.4) is 0 Å². The highest BCUT2D eigenvalue weighted by Crippen LogP contribution is 2.26. The van der Waals surface area contributed by atoms with Crippen LogP contribution in [0.4, 0.5) is 4.39 Å². The summed E-state index contributed by atoms with van der Waals surface area (Å²) in [6.45, 7) is 4.31. The summed E-state index contributed by atoms with van der Waals surface area (Å²) in [5, 5.41) is 0. The second-order valence-corrected chi connectivity index (χ2v) is 3.30. The molecule has 1 atom stereocenters. The molecular formula is C11H16FNO. The Bertz CT molecular complexity index is 299. The molecule has 78 valence electrons. The Morgan fingerprint density at radius 2 is 2.21 bits per heavy atom. The highest BCUT2D eigenvalue weighted by atomic mass is 19.1. The van der Waals surface area contributed by atoms with E-state index in [9.17, 15) is 4.39 Å². The molecule has 1 aromatic rings. The van der Waals surface area contributed by atoms with E-state index in [1.54, 1.807) is 12.1 Å². The fraction of sp³-hybridized carbons (Fsp3) is 0.455. The molecule has 1 rings (SSSR count). The van der Waals surface area contributed by atoms with Crippen molar-refractivity contribution in [1.82, 2.24) is 0 Å². The topological polar surface area (TPSA) is 35.2 Å². The fourth-order valence-corrected chi connectivity index (χ4v) is 1.24. The molecule has 0 radical (unpaired) electrons. The van der Waals surface area contributed by atoms with Crippen molar-refractivity contribution >= 4 is 0 Å². The van der Waals surface area contributed by atoms with Crippen LogP contribution in [0.5, 0.6) is 5.75 Å². The molecule has 0 unspecified atom stereocenters. The van der Waals surface area contributed by atoms with Gasteiger partial charge < -0.3 is 10.5 Å². The van der Waals surface area contributed by atoms with E-state index in [2.05, 4.69) is 0 Å². The molecule has 2 nitrogen and oxygen atoms in total. The van der Waals surface area contributed by atoms with E-state index in [0.717, 1.165) is 12.0 Å². The normalized spacial score (nSPS) is 12.6. The third-order valence-electron chi connectivity index (χ3n) is 1.94. The zero-order valence-electron chi connectivity index (χ0n) is 8.59. The molecule has 0 aliphatic rings. The van der Waals surface area contributed by atoms with E-state index in [-0.39, 0.29) is 11.9 Å². The van der Waals surface area contributed by atoms with Crippen LogP contribution in [0.2, 0.25) is 0 Å². The maximum atomic E-state index is 13.4. The van der Waals surface area contributed by atoms with Gasteiger partial charge in [0.15, 0.2) is 11.6 Å². The van der Waals surface area contributed by atoms with Crippen molar-refractivity contribution in [2.75, 3.05) is 6.61 Å². The molecule has 0 aliphatic carbocycles. The Kier molecular flexibility index (Phi) is 3.89. The Morgan fingerprint density at radius 3 is 2.79 bits per heavy atom. The molecular weight excluding hydrogens is 181 g/mol. The van der Waals surface area contributed by atoms with Gasteiger partial charge in [0.25, 0.3) is 0 Å². The molecule has 0 amide bonds. The molecule has 0 fully saturated rings. The van der Waals surface area contributed by atoms with Crippen molar-refractivity contribution in [3.8, 4) is 5.75 Å². The van der Waals surface area contributed by atoms with Crippen molar-refractivity contribution in [1.29, 1.82) is 0 Å². The van der Waals surface area contributed by atoms with Crippen molar-refractivity contribution in [3.63, 3.8) is 0 Å². The van der Waals surface area contributed by atoms with Gasteiger partial charge in [-0.15, -0.1) is 0 Å². The van der Waals surface area contributed by atoms with E-state index in [1.807, 2.05) is 13.8 Å². The molecule has 0 aromatic heterocycles. The van der Waals surface area contributed by atoms with Gasteiger partial charge in [-0.3, -0.25) is 0 Å². The summed E-state index contributed by atoms with van der Waals surface area (Å²) < 4.78 is 18.7. The van der Waals surface area contributed by atoms with Gasteiger partial charge in [-0.2, -0.15) is 0 Å². The number of halogens is 1. The zero-order valence-corrected chi connectivity index (χ0v) is 8.59. The highest BCUT2D eigenvalue weighted by Gasteiger charge is 2.12. The largest absolute Gasteiger partial charge is 0.490 e. The summed E-state index contributed by atoms with van der Waals surface area (Å²) >= 11 is 0. The third kappa shape index (κ3) is 2.45. The van der Waals surface area contributed by atoms with Gasteiger partial charge in [-0.25, -0.2) is 4.39 Å². The first-order chi connectivity index (χ1) is 6.66. The zero-order chi connectivity index (χ0) is 10.6. The van der Waals surface area contributed by atoms with Crippen LogP contribution in [-0.2, 0) is 0 Å². The smallest absolute Gasteiger partial charge is 0.165 e. The number of benzene rings is 1. The summed E-state index contributed by atoms with van der Waals surface area (Å²) in [4.78, 5) is 0. The average Bonchev–Trinajstić information content (AvgIpc) is 2.15. The average molecular weight is 197 g/mol. The van der Waals surface area contributed by atoms with Crippen molar-refractivity contribution < 1.29 is 9.13 Å². The summed E-state index contributed by atoms with van der Waals surface area (Å²) in [5.41, 5.74) is 6.43. The lowest BCUT2D eigenvalue weighted by molar-refractivity contribution is 0.296.